The summed E-state index contributed by atoms with van der Waals surface area (Å²) in [5.41, 5.74) is 0. The van der Waals surface area contributed by atoms with Crippen LogP contribution in [0.15, 0.2) is 24.3 Å². The van der Waals surface area contributed by atoms with Crippen LogP contribution in [0.25, 0.3) is 0 Å². The van der Waals surface area contributed by atoms with E-state index in [0.717, 1.165) is 0 Å². The Morgan fingerprint density at radius 2 is 1.16 bits per heavy atom. The van der Waals surface area contributed by atoms with Gasteiger partial charge < -0.3 is 4.74 Å². The van der Waals surface area contributed by atoms with Crippen LogP contribution >= 0.6 is 69.6 Å². The Morgan fingerprint density at radius 3 is 1.74 bits per heavy atom. The monoisotopic (exact) mass is 374 g/mol. The van der Waals surface area contributed by atoms with Crippen molar-refractivity contribution in [1.29, 1.82) is 0 Å². The van der Waals surface area contributed by atoms with Crippen LogP contribution < -0.4 is 4.74 Å². The second-order valence-electron chi connectivity index (χ2n) is 3.48. The Balaban J connectivity index is 2.45. The van der Waals surface area contributed by atoms with Crippen molar-refractivity contribution in [2.45, 2.75) is 0 Å². The molecule has 0 spiro atoms. The minimum Gasteiger partial charge on any atom is -0.454 e. The minimum absolute atomic E-state index is 0.205. The van der Waals surface area contributed by atoms with Gasteiger partial charge in [0, 0.05) is 12.1 Å². The zero-order valence-corrected chi connectivity index (χ0v) is 13.5. The van der Waals surface area contributed by atoms with Crippen LogP contribution in [0, 0.1) is 0 Å². The lowest BCUT2D eigenvalue weighted by atomic mass is 10.3. The first-order valence-electron chi connectivity index (χ1n) is 4.86. The molecule has 0 saturated heterocycles. The van der Waals surface area contributed by atoms with Gasteiger partial charge in [-0.15, -0.1) is 0 Å². The number of hydrogen-bond donors (Lipinski definition) is 0. The van der Waals surface area contributed by atoms with Crippen LogP contribution in [0.2, 0.25) is 30.1 Å². The molecule has 0 aliphatic carbocycles. The first kappa shape index (κ1) is 15.4. The van der Waals surface area contributed by atoms with Crippen molar-refractivity contribution in [2.75, 3.05) is 0 Å². The highest BCUT2D eigenvalue weighted by Gasteiger charge is 2.14. The van der Waals surface area contributed by atoms with E-state index in [4.69, 9.17) is 74.3 Å². The molecule has 0 heterocycles. The van der Waals surface area contributed by atoms with Crippen LogP contribution in [-0.4, -0.2) is 0 Å². The SMILES string of the molecule is Clc1cc(Oc2c(Cl)ccc(Cl)c2Cl)cc(Cl)c1Cl. The third-order valence-corrected chi connectivity index (χ3v) is 4.46. The van der Waals surface area contributed by atoms with Crippen molar-refractivity contribution >= 4 is 69.6 Å². The Hall–Kier alpha value is -0.0200. The smallest absolute Gasteiger partial charge is 0.166 e. The van der Waals surface area contributed by atoms with Crippen LogP contribution in [0.5, 0.6) is 11.5 Å². The molecule has 0 fully saturated rings. The van der Waals surface area contributed by atoms with Crippen molar-refractivity contribution in [1.82, 2.24) is 0 Å². The fraction of sp³-hybridized carbons (Fsp3) is 0. The summed E-state index contributed by atoms with van der Waals surface area (Å²) >= 11 is 35.6. The van der Waals surface area contributed by atoms with E-state index in [9.17, 15) is 0 Å². The number of hydrogen-bond acceptors (Lipinski definition) is 1. The molecule has 2 aromatic rings. The summed E-state index contributed by atoms with van der Waals surface area (Å²) in [5, 5.41) is 1.62. The van der Waals surface area contributed by atoms with E-state index in [0.29, 0.717) is 15.8 Å². The van der Waals surface area contributed by atoms with Crippen molar-refractivity contribution in [3.05, 3.63) is 54.4 Å². The maximum Gasteiger partial charge on any atom is 0.166 e. The van der Waals surface area contributed by atoms with Gasteiger partial charge in [-0.1, -0.05) is 69.6 Å². The van der Waals surface area contributed by atoms with Gasteiger partial charge in [0.2, 0.25) is 0 Å². The average molecular weight is 377 g/mol. The molecule has 0 saturated carbocycles. The highest BCUT2D eigenvalue weighted by Crippen LogP contribution is 2.42. The van der Waals surface area contributed by atoms with Gasteiger partial charge in [-0.25, -0.2) is 0 Å². The topological polar surface area (TPSA) is 9.23 Å². The molecule has 1 nitrogen and oxygen atoms in total. The van der Waals surface area contributed by atoms with Gasteiger partial charge in [0.1, 0.15) is 10.8 Å². The lowest BCUT2D eigenvalue weighted by Gasteiger charge is -2.11. The third kappa shape index (κ3) is 3.36. The Kier molecular flexibility index (Phi) is 4.99. The highest BCUT2D eigenvalue weighted by atomic mass is 35.5. The molecule has 0 unspecified atom stereocenters. The molecule has 0 bridgehead atoms. The molecular formula is C12H4Cl6O. The summed E-state index contributed by atoms with van der Waals surface area (Å²) in [6, 6.07) is 6.15. The molecule has 19 heavy (non-hydrogen) atoms. The molecule has 0 radical (unpaired) electrons. The first-order chi connectivity index (χ1) is 8.90. The summed E-state index contributed by atoms with van der Waals surface area (Å²) in [7, 11) is 0. The van der Waals surface area contributed by atoms with E-state index in [1.165, 1.54) is 12.1 Å². The molecule has 100 valence electrons. The summed E-state index contributed by atoms with van der Waals surface area (Å²) in [4.78, 5) is 0. The van der Waals surface area contributed by atoms with Gasteiger partial charge in [-0.05, 0) is 12.1 Å². The molecule has 2 aromatic carbocycles. The summed E-state index contributed by atoms with van der Waals surface area (Å²) in [6.45, 7) is 0. The second-order valence-corrected chi connectivity index (χ2v) is 5.86. The fourth-order valence-electron chi connectivity index (χ4n) is 1.31. The predicted octanol–water partition coefficient (Wildman–Crippen LogP) is 7.40. The minimum atomic E-state index is 0.205. The Labute approximate surface area is 139 Å². The number of benzene rings is 2. The van der Waals surface area contributed by atoms with Crippen LogP contribution in [0.3, 0.4) is 0 Å². The largest absolute Gasteiger partial charge is 0.454 e. The lowest BCUT2D eigenvalue weighted by molar-refractivity contribution is 0.483. The molecule has 0 aliphatic rings. The van der Waals surface area contributed by atoms with Gasteiger partial charge >= 0.3 is 0 Å². The average Bonchev–Trinajstić information content (AvgIpc) is 2.36. The van der Waals surface area contributed by atoms with Crippen molar-refractivity contribution in [3.8, 4) is 11.5 Å². The maximum absolute atomic E-state index is 6.03. The number of ether oxygens (including phenoxy) is 1. The molecule has 7 heteroatoms. The quantitative estimate of drug-likeness (QED) is 0.392. The van der Waals surface area contributed by atoms with E-state index >= 15 is 0 Å². The van der Waals surface area contributed by atoms with Gasteiger partial charge in [-0.3, -0.25) is 0 Å². The van der Waals surface area contributed by atoms with E-state index in [1.54, 1.807) is 12.1 Å². The normalized spacial score (nSPS) is 10.6. The van der Waals surface area contributed by atoms with Crippen LogP contribution in [0.4, 0.5) is 0 Å². The molecule has 0 atom stereocenters. The highest BCUT2D eigenvalue weighted by molar-refractivity contribution is 6.48. The van der Waals surface area contributed by atoms with Crippen LogP contribution in [-0.2, 0) is 0 Å². The summed E-state index contributed by atoms with van der Waals surface area (Å²) < 4.78 is 5.56. The van der Waals surface area contributed by atoms with Crippen LogP contribution in [0.1, 0.15) is 0 Å². The molecule has 0 amide bonds. The van der Waals surface area contributed by atoms with Gasteiger partial charge in [-0.2, -0.15) is 0 Å². The summed E-state index contributed by atoms with van der Waals surface area (Å²) in [6.07, 6.45) is 0. The van der Waals surface area contributed by atoms with E-state index in [-0.39, 0.29) is 25.8 Å². The predicted molar refractivity (Wildman–Crippen MR) is 83.0 cm³/mol. The van der Waals surface area contributed by atoms with E-state index in [2.05, 4.69) is 0 Å². The molecule has 0 aromatic heterocycles. The Morgan fingerprint density at radius 1 is 0.632 bits per heavy atom. The van der Waals surface area contributed by atoms with E-state index < -0.39 is 0 Å². The zero-order valence-electron chi connectivity index (χ0n) is 8.99. The van der Waals surface area contributed by atoms with Gasteiger partial charge in [0.05, 0.1) is 25.1 Å². The molecule has 2 rings (SSSR count). The standard InChI is InChI=1S/C12H4Cl6O/c13-6-1-2-7(14)12(11(6)18)19-5-3-8(15)10(17)9(16)4-5/h1-4H. The van der Waals surface area contributed by atoms with Crippen molar-refractivity contribution in [3.63, 3.8) is 0 Å². The van der Waals surface area contributed by atoms with Gasteiger partial charge in [0.25, 0.3) is 0 Å². The maximum atomic E-state index is 6.03. The van der Waals surface area contributed by atoms with Crippen molar-refractivity contribution in [2.24, 2.45) is 0 Å². The number of rotatable bonds is 2. The Bertz CT molecular complexity index is 617. The lowest BCUT2D eigenvalue weighted by Crippen LogP contribution is -1.88. The third-order valence-electron chi connectivity index (χ3n) is 2.18. The molecular weight excluding hydrogens is 373 g/mol. The number of halogens is 6. The first-order valence-corrected chi connectivity index (χ1v) is 7.13. The summed E-state index contributed by atoms with van der Waals surface area (Å²) in [5.74, 6) is 0.579. The molecule has 0 aliphatic heterocycles. The zero-order chi connectivity index (χ0) is 14.2. The van der Waals surface area contributed by atoms with E-state index in [1.807, 2.05) is 0 Å². The fourth-order valence-corrected chi connectivity index (χ4v) is 2.48. The van der Waals surface area contributed by atoms with Crippen molar-refractivity contribution < 1.29 is 4.74 Å². The molecule has 0 N–H and O–H groups in total. The second kappa shape index (κ2) is 6.17. The van der Waals surface area contributed by atoms with Gasteiger partial charge in [0.15, 0.2) is 5.75 Å².